The van der Waals surface area contributed by atoms with Gasteiger partial charge in [0.05, 0.1) is 11.6 Å². The summed E-state index contributed by atoms with van der Waals surface area (Å²) in [7, 11) is 0. The summed E-state index contributed by atoms with van der Waals surface area (Å²) >= 11 is 0. The van der Waals surface area contributed by atoms with Crippen LogP contribution in [0.1, 0.15) is 35.3 Å². The molecule has 0 aliphatic carbocycles. The fourth-order valence-electron chi connectivity index (χ4n) is 3.07. The van der Waals surface area contributed by atoms with Crippen molar-refractivity contribution in [3.8, 4) is 0 Å². The lowest BCUT2D eigenvalue weighted by atomic mass is 9.96. The molecule has 1 amide bonds. The third-order valence-electron chi connectivity index (χ3n) is 4.42. The molecule has 0 saturated carbocycles. The van der Waals surface area contributed by atoms with Gasteiger partial charge < -0.3 is 4.90 Å². The van der Waals surface area contributed by atoms with Gasteiger partial charge in [0.1, 0.15) is 5.82 Å². The van der Waals surface area contributed by atoms with E-state index in [-0.39, 0.29) is 29.7 Å². The summed E-state index contributed by atoms with van der Waals surface area (Å²) in [5, 5.41) is 0. The minimum absolute atomic E-state index is 0.0592. The molecule has 1 unspecified atom stereocenters. The highest BCUT2D eigenvalue weighted by molar-refractivity contribution is 6.01. The van der Waals surface area contributed by atoms with E-state index in [2.05, 4.69) is 0 Å². The maximum absolute atomic E-state index is 13.8. The van der Waals surface area contributed by atoms with Crippen molar-refractivity contribution in [2.75, 3.05) is 6.54 Å². The van der Waals surface area contributed by atoms with Gasteiger partial charge in [0.2, 0.25) is 5.91 Å². The molecule has 0 N–H and O–H groups in total. The molecule has 23 heavy (non-hydrogen) atoms. The van der Waals surface area contributed by atoms with Crippen LogP contribution < -0.4 is 0 Å². The van der Waals surface area contributed by atoms with E-state index in [4.69, 9.17) is 0 Å². The summed E-state index contributed by atoms with van der Waals surface area (Å²) in [5.41, 5.74) is 1.10. The molecule has 4 heteroatoms. The molecule has 1 aliphatic rings. The number of carbonyl (C=O) groups excluding carboxylic acids is 2. The van der Waals surface area contributed by atoms with Gasteiger partial charge in [0, 0.05) is 18.9 Å². The Morgan fingerprint density at radius 1 is 1.13 bits per heavy atom. The molecular weight excluding hydrogens is 293 g/mol. The van der Waals surface area contributed by atoms with E-state index in [0.29, 0.717) is 6.54 Å². The Balaban J connectivity index is 1.78. The second-order valence-electron chi connectivity index (χ2n) is 5.88. The lowest BCUT2D eigenvalue weighted by molar-refractivity contribution is -0.129. The molecule has 118 valence electrons. The molecule has 0 aromatic heterocycles. The van der Waals surface area contributed by atoms with E-state index in [1.165, 1.54) is 12.1 Å². The van der Waals surface area contributed by atoms with E-state index in [9.17, 15) is 14.0 Å². The number of benzene rings is 2. The summed E-state index contributed by atoms with van der Waals surface area (Å²) in [6.07, 6.45) is 0.143. The van der Waals surface area contributed by atoms with Gasteiger partial charge in [-0.05, 0) is 24.6 Å². The Morgan fingerprint density at radius 2 is 1.78 bits per heavy atom. The summed E-state index contributed by atoms with van der Waals surface area (Å²) in [4.78, 5) is 26.5. The van der Waals surface area contributed by atoms with Gasteiger partial charge >= 0.3 is 0 Å². The Labute approximate surface area is 134 Å². The third-order valence-corrected chi connectivity index (χ3v) is 4.42. The number of likely N-dealkylation sites (tertiary alicyclic amines) is 1. The molecule has 2 aromatic carbocycles. The first kappa shape index (κ1) is 15.4. The Bertz CT molecular complexity index is 729. The van der Waals surface area contributed by atoms with Gasteiger partial charge in [0.15, 0.2) is 5.78 Å². The van der Waals surface area contributed by atoms with E-state index in [1.54, 1.807) is 17.0 Å². The Kier molecular flexibility index (Phi) is 4.24. The number of carbonyl (C=O) groups is 2. The normalized spacial score (nSPS) is 19.0. The zero-order valence-corrected chi connectivity index (χ0v) is 12.9. The number of Topliss-reactive ketones (excluding diaryl/α,β-unsaturated/α-hetero) is 1. The number of hydrogen-bond acceptors (Lipinski definition) is 2. The predicted octanol–water partition coefficient (Wildman–Crippen LogP) is 3.62. The first-order chi connectivity index (χ1) is 11.1. The zero-order valence-electron chi connectivity index (χ0n) is 12.9. The van der Waals surface area contributed by atoms with Crippen LogP contribution in [0, 0.1) is 11.7 Å². The van der Waals surface area contributed by atoms with E-state index < -0.39 is 11.7 Å². The quantitative estimate of drug-likeness (QED) is 0.809. The molecule has 1 aliphatic heterocycles. The van der Waals surface area contributed by atoms with E-state index in [0.717, 1.165) is 5.56 Å². The van der Waals surface area contributed by atoms with Crippen molar-refractivity contribution < 1.29 is 14.0 Å². The number of halogens is 1. The molecule has 2 aromatic rings. The Morgan fingerprint density at radius 3 is 2.48 bits per heavy atom. The Hall–Kier alpha value is -2.49. The molecule has 2 atom stereocenters. The number of nitrogens with zero attached hydrogens (tertiary/aromatic N) is 1. The second-order valence-corrected chi connectivity index (χ2v) is 5.88. The van der Waals surface area contributed by atoms with Crippen molar-refractivity contribution in [1.82, 2.24) is 4.90 Å². The number of amides is 1. The van der Waals surface area contributed by atoms with Crippen molar-refractivity contribution in [1.29, 1.82) is 0 Å². The third kappa shape index (κ3) is 3.02. The molecule has 3 rings (SSSR count). The monoisotopic (exact) mass is 311 g/mol. The van der Waals surface area contributed by atoms with Crippen LogP contribution in [-0.4, -0.2) is 23.1 Å². The predicted molar refractivity (Wildman–Crippen MR) is 85.4 cm³/mol. The van der Waals surface area contributed by atoms with Crippen LogP contribution in [0.4, 0.5) is 4.39 Å². The van der Waals surface area contributed by atoms with Gasteiger partial charge in [-0.3, -0.25) is 9.59 Å². The van der Waals surface area contributed by atoms with Gasteiger partial charge in [-0.2, -0.15) is 0 Å². The van der Waals surface area contributed by atoms with Gasteiger partial charge in [-0.15, -0.1) is 0 Å². The summed E-state index contributed by atoms with van der Waals surface area (Å²) in [6, 6.07) is 15.5. The lowest BCUT2D eigenvalue weighted by Crippen LogP contribution is -2.29. The fraction of sp³-hybridized carbons (Fsp3) is 0.263. The molecule has 0 bridgehead atoms. The van der Waals surface area contributed by atoms with Crippen molar-refractivity contribution in [3.63, 3.8) is 0 Å². The summed E-state index contributed by atoms with van der Waals surface area (Å²) in [6.45, 7) is 2.28. The second kappa shape index (κ2) is 6.32. The smallest absolute Gasteiger partial charge is 0.223 e. The first-order valence-electron chi connectivity index (χ1n) is 7.71. The summed E-state index contributed by atoms with van der Waals surface area (Å²) < 4.78 is 13.8. The van der Waals surface area contributed by atoms with Gasteiger partial charge in [-0.1, -0.05) is 42.5 Å². The highest BCUT2D eigenvalue weighted by atomic mass is 19.1. The highest BCUT2D eigenvalue weighted by Gasteiger charge is 2.37. The van der Waals surface area contributed by atoms with Crippen molar-refractivity contribution >= 4 is 11.7 Å². The van der Waals surface area contributed by atoms with Gasteiger partial charge in [-0.25, -0.2) is 4.39 Å². The molecule has 0 spiro atoms. The van der Waals surface area contributed by atoms with Crippen LogP contribution in [0.15, 0.2) is 54.6 Å². The maximum atomic E-state index is 13.8. The average Bonchev–Trinajstić information content (AvgIpc) is 2.96. The maximum Gasteiger partial charge on any atom is 0.223 e. The molecular formula is C19H18FNO2. The summed E-state index contributed by atoms with van der Waals surface area (Å²) in [5.74, 6) is -1.36. The van der Waals surface area contributed by atoms with Crippen molar-refractivity contribution in [2.45, 2.75) is 19.4 Å². The standard InChI is InChI=1S/C19H18FNO2/c1-13(14-7-3-2-4-8-14)21-12-15(11-18(21)22)19(23)16-9-5-6-10-17(16)20/h2-10,13,15H,11-12H2,1H3/t13-,15?/m0/s1. The number of rotatable bonds is 4. The minimum Gasteiger partial charge on any atom is -0.335 e. The van der Waals surface area contributed by atoms with Crippen LogP contribution in [0.3, 0.4) is 0 Å². The van der Waals surface area contributed by atoms with Crippen LogP contribution in [0.2, 0.25) is 0 Å². The topological polar surface area (TPSA) is 37.4 Å². The number of hydrogen-bond donors (Lipinski definition) is 0. The van der Waals surface area contributed by atoms with E-state index >= 15 is 0 Å². The van der Waals surface area contributed by atoms with Crippen molar-refractivity contribution in [2.24, 2.45) is 5.92 Å². The van der Waals surface area contributed by atoms with Crippen LogP contribution in [0.25, 0.3) is 0 Å². The zero-order chi connectivity index (χ0) is 16.4. The average molecular weight is 311 g/mol. The van der Waals surface area contributed by atoms with Gasteiger partial charge in [0.25, 0.3) is 0 Å². The minimum atomic E-state index is -0.528. The highest BCUT2D eigenvalue weighted by Crippen LogP contribution is 2.30. The lowest BCUT2D eigenvalue weighted by Gasteiger charge is -2.25. The molecule has 1 saturated heterocycles. The van der Waals surface area contributed by atoms with Crippen molar-refractivity contribution in [3.05, 3.63) is 71.5 Å². The molecule has 1 heterocycles. The van der Waals surface area contributed by atoms with Crippen LogP contribution in [0.5, 0.6) is 0 Å². The molecule has 1 fully saturated rings. The largest absolute Gasteiger partial charge is 0.335 e. The van der Waals surface area contributed by atoms with E-state index in [1.807, 2.05) is 37.3 Å². The SMILES string of the molecule is C[C@@H](c1ccccc1)N1CC(C(=O)c2ccccc2F)CC1=O. The molecule has 3 nitrogen and oxygen atoms in total. The molecule has 0 radical (unpaired) electrons. The number of ketones is 1. The fourth-order valence-corrected chi connectivity index (χ4v) is 3.07. The first-order valence-corrected chi connectivity index (χ1v) is 7.71. The van der Waals surface area contributed by atoms with Crippen LogP contribution in [-0.2, 0) is 4.79 Å². The van der Waals surface area contributed by atoms with Crippen LogP contribution >= 0.6 is 0 Å².